The van der Waals surface area contributed by atoms with Crippen molar-refractivity contribution in [3.8, 4) is 17.0 Å². The molecule has 1 aromatic carbocycles. The van der Waals surface area contributed by atoms with Gasteiger partial charge < -0.3 is 4.74 Å². The highest BCUT2D eigenvalue weighted by Crippen LogP contribution is 2.32. The zero-order valence-corrected chi connectivity index (χ0v) is 11.4. The number of rotatable bonds is 6. The standard InChI is InChI=1S/C15H19FN2O/c1-3-5-6-11-10-17-18-15(11)13-9-12(16)7-8-14(13)19-4-2/h7-10H,3-6H2,1-2H3,(H,17,18). The van der Waals surface area contributed by atoms with Crippen molar-refractivity contribution in [1.82, 2.24) is 10.2 Å². The van der Waals surface area contributed by atoms with E-state index in [1.54, 1.807) is 6.07 Å². The summed E-state index contributed by atoms with van der Waals surface area (Å²) in [7, 11) is 0. The number of unbranched alkanes of at least 4 members (excludes halogenated alkanes) is 1. The second-order valence-electron chi connectivity index (χ2n) is 4.45. The minimum absolute atomic E-state index is 0.269. The van der Waals surface area contributed by atoms with E-state index < -0.39 is 0 Å². The third-order valence-corrected chi connectivity index (χ3v) is 3.03. The molecule has 0 amide bonds. The van der Waals surface area contributed by atoms with E-state index in [1.165, 1.54) is 12.1 Å². The molecule has 3 nitrogen and oxygen atoms in total. The van der Waals surface area contributed by atoms with Crippen molar-refractivity contribution >= 4 is 0 Å². The van der Waals surface area contributed by atoms with Crippen LogP contribution in [0.15, 0.2) is 24.4 Å². The number of hydrogen-bond acceptors (Lipinski definition) is 2. The van der Waals surface area contributed by atoms with Crippen LogP contribution in [0.3, 0.4) is 0 Å². The number of benzene rings is 1. The number of ether oxygens (including phenoxy) is 1. The first-order chi connectivity index (χ1) is 9.26. The zero-order valence-electron chi connectivity index (χ0n) is 11.4. The number of nitrogens with zero attached hydrogens (tertiary/aromatic N) is 1. The van der Waals surface area contributed by atoms with E-state index in [2.05, 4.69) is 17.1 Å². The van der Waals surface area contributed by atoms with Gasteiger partial charge >= 0.3 is 0 Å². The Bertz CT molecular complexity index is 537. The number of halogens is 1. The molecule has 0 aliphatic rings. The van der Waals surface area contributed by atoms with Crippen molar-refractivity contribution < 1.29 is 9.13 Å². The zero-order chi connectivity index (χ0) is 13.7. The predicted octanol–water partition coefficient (Wildman–Crippen LogP) is 3.96. The number of nitrogens with one attached hydrogen (secondary N) is 1. The highest BCUT2D eigenvalue weighted by Gasteiger charge is 2.13. The molecule has 102 valence electrons. The monoisotopic (exact) mass is 262 g/mol. The lowest BCUT2D eigenvalue weighted by molar-refractivity contribution is 0.341. The Morgan fingerprint density at radius 3 is 2.89 bits per heavy atom. The Morgan fingerprint density at radius 2 is 2.16 bits per heavy atom. The molecule has 0 atom stereocenters. The highest BCUT2D eigenvalue weighted by molar-refractivity contribution is 5.69. The van der Waals surface area contributed by atoms with Crippen LogP contribution in [0.4, 0.5) is 4.39 Å². The van der Waals surface area contributed by atoms with Gasteiger partial charge in [-0.3, -0.25) is 5.10 Å². The average molecular weight is 262 g/mol. The van der Waals surface area contributed by atoms with E-state index in [9.17, 15) is 4.39 Å². The molecule has 0 saturated heterocycles. The summed E-state index contributed by atoms with van der Waals surface area (Å²) >= 11 is 0. The van der Waals surface area contributed by atoms with Gasteiger partial charge in [-0.1, -0.05) is 13.3 Å². The largest absolute Gasteiger partial charge is 0.493 e. The van der Waals surface area contributed by atoms with E-state index in [1.807, 2.05) is 13.1 Å². The van der Waals surface area contributed by atoms with Crippen LogP contribution in [0.2, 0.25) is 0 Å². The summed E-state index contributed by atoms with van der Waals surface area (Å²) in [6, 6.07) is 4.57. The maximum atomic E-state index is 13.5. The van der Waals surface area contributed by atoms with Gasteiger partial charge in [0.1, 0.15) is 11.6 Å². The van der Waals surface area contributed by atoms with Crippen molar-refractivity contribution in [2.24, 2.45) is 0 Å². The molecule has 0 aliphatic heterocycles. The molecule has 2 aromatic rings. The molecule has 0 fully saturated rings. The molecule has 4 heteroatoms. The molecule has 0 bridgehead atoms. The van der Waals surface area contributed by atoms with Crippen LogP contribution in [-0.4, -0.2) is 16.8 Å². The first-order valence-corrected chi connectivity index (χ1v) is 6.71. The molecule has 2 rings (SSSR count). The Hall–Kier alpha value is -1.84. The second kappa shape index (κ2) is 6.36. The third kappa shape index (κ3) is 3.13. The first kappa shape index (κ1) is 13.6. The van der Waals surface area contributed by atoms with Crippen LogP contribution >= 0.6 is 0 Å². The summed E-state index contributed by atoms with van der Waals surface area (Å²) in [5, 5.41) is 7.04. The highest BCUT2D eigenvalue weighted by atomic mass is 19.1. The molecule has 1 heterocycles. The lowest BCUT2D eigenvalue weighted by Gasteiger charge is -2.10. The van der Waals surface area contributed by atoms with Gasteiger partial charge in [0.05, 0.1) is 18.5 Å². The second-order valence-corrected chi connectivity index (χ2v) is 4.45. The quantitative estimate of drug-likeness (QED) is 0.855. The lowest BCUT2D eigenvalue weighted by atomic mass is 10.0. The Labute approximate surface area is 112 Å². The van der Waals surface area contributed by atoms with E-state index in [4.69, 9.17) is 4.74 Å². The van der Waals surface area contributed by atoms with Crippen LogP contribution in [0, 0.1) is 5.82 Å². The Morgan fingerprint density at radius 1 is 1.32 bits per heavy atom. The minimum atomic E-state index is -0.269. The van der Waals surface area contributed by atoms with Gasteiger partial charge in [-0.25, -0.2) is 4.39 Å². The summed E-state index contributed by atoms with van der Waals surface area (Å²) < 4.78 is 19.0. The van der Waals surface area contributed by atoms with Crippen molar-refractivity contribution in [2.75, 3.05) is 6.61 Å². The van der Waals surface area contributed by atoms with Crippen LogP contribution in [0.25, 0.3) is 11.3 Å². The summed E-state index contributed by atoms with van der Waals surface area (Å²) in [4.78, 5) is 0. The van der Waals surface area contributed by atoms with E-state index in [0.29, 0.717) is 12.4 Å². The number of aromatic amines is 1. The van der Waals surface area contributed by atoms with Crippen LogP contribution in [-0.2, 0) is 6.42 Å². The van der Waals surface area contributed by atoms with Crippen LogP contribution < -0.4 is 4.74 Å². The fourth-order valence-corrected chi connectivity index (χ4v) is 2.08. The topological polar surface area (TPSA) is 37.9 Å². The molecular formula is C15H19FN2O. The van der Waals surface area contributed by atoms with Crippen LogP contribution in [0.1, 0.15) is 32.3 Å². The van der Waals surface area contributed by atoms with Gasteiger partial charge in [-0.15, -0.1) is 0 Å². The molecular weight excluding hydrogens is 243 g/mol. The third-order valence-electron chi connectivity index (χ3n) is 3.03. The minimum Gasteiger partial charge on any atom is -0.493 e. The molecule has 0 aliphatic carbocycles. The fourth-order valence-electron chi connectivity index (χ4n) is 2.08. The van der Waals surface area contributed by atoms with Gasteiger partial charge in [0.25, 0.3) is 0 Å². The van der Waals surface area contributed by atoms with Gasteiger partial charge in [-0.05, 0) is 43.5 Å². The number of H-pyrrole nitrogens is 1. The summed E-state index contributed by atoms with van der Waals surface area (Å²) in [5.41, 5.74) is 2.70. The van der Waals surface area contributed by atoms with Gasteiger partial charge in [0.2, 0.25) is 0 Å². The molecule has 1 N–H and O–H groups in total. The normalized spacial score (nSPS) is 10.7. The summed E-state index contributed by atoms with van der Waals surface area (Å²) in [6.45, 7) is 4.61. The van der Waals surface area contributed by atoms with Crippen molar-refractivity contribution in [2.45, 2.75) is 33.1 Å². The van der Waals surface area contributed by atoms with Gasteiger partial charge in [-0.2, -0.15) is 5.10 Å². The van der Waals surface area contributed by atoms with E-state index >= 15 is 0 Å². The maximum absolute atomic E-state index is 13.5. The SMILES string of the molecule is CCCCc1cn[nH]c1-c1cc(F)ccc1OCC. The van der Waals surface area contributed by atoms with E-state index in [0.717, 1.165) is 36.1 Å². The fraction of sp³-hybridized carbons (Fsp3) is 0.400. The molecule has 0 unspecified atom stereocenters. The lowest BCUT2D eigenvalue weighted by Crippen LogP contribution is -1.96. The van der Waals surface area contributed by atoms with Gasteiger partial charge in [0.15, 0.2) is 0 Å². The van der Waals surface area contributed by atoms with Crippen molar-refractivity contribution in [1.29, 1.82) is 0 Å². The number of hydrogen-bond donors (Lipinski definition) is 1. The molecule has 19 heavy (non-hydrogen) atoms. The first-order valence-electron chi connectivity index (χ1n) is 6.71. The number of aryl methyl sites for hydroxylation is 1. The van der Waals surface area contributed by atoms with Crippen molar-refractivity contribution in [3.05, 3.63) is 35.8 Å². The predicted molar refractivity (Wildman–Crippen MR) is 73.8 cm³/mol. The van der Waals surface area contributed by atoms with Gasteiger partial charge in [0, 0.05) is 5.56 Å². The van der Waals surface area contributed by atoms with Crippen molar-refractivity contribution in [3.63, 3.8) is 0 Å². The smallest absolute Gasteiger partial charge is 0.128 e. The summed E-state index contributed by atoms with van der Waals surface area (Å²) in [5.74, 6) is 0.417. The van der Waals surface area contributed by atoms with Crippen LogP contribution in [0.5, 0.6) is 5.75 Å². The molecule has 0 saturated carbocycles. The molecule has 0 spiro atoms. The Balaban J connectivity index is 2.39. The summed E-state index contributed by atoms with van der Waals surface area (Å²) in [6.07, 6.45) is 4.95. The maximum Gasteiger partial charge on any atom is 0.128 e. The Kier molecular flexibility index (Phi) is 4.55. The average Bonchev–Trinajstić information content (AvgIpc) is 2.87. The van der Waals surface area contributed by atoms with E-state index in [-0.39, 0.29) is 5.82 Å². The molecule has 0 radical (unpaired) electrons. The molecule has 1 aromatic heterocycles. The number of aromatic nitrogens is 2.